The number of nitrogens with zero attached hydrogens (tertiary/aromatic N) is 2. The van der Waals surface area contributed by atoms with E-state index < -0.39 is 0 Å². The fourth-order valence-electron chi connectivity index (χ4n) is 2.39. The molecular formula is C20H45N3O2S. The third kappa shape index (κ3) is 18.2. The van der Waals surface area contributed by atoms with E-state index in [1.807, 2.05) is 37.8 Å². The molecule has 0 aliphatic carbocycles. The first-order valence-electron chi connectivity index (χ1n) is 9.91. The Balaban J connectivity index is -0.00000134. The molecule has 0 saturated carbocycles. The molecule has 0 bridgehead atoms. The molecular weight excluding hydrogens is 346 g/mol. The van der Waals surface area contributed by atoms with Crippen molar-refractivity contribution in [3.05, 3.63) is 0 Å². The predicted octanol–water partition coefficient (Wildman–Crippen LogP) is 3.53. The number of hydrogen-bond donors (Lipinski definition) is 1. The molecule has 0 radical (unpaired) electrons. The van der Waals surface area contributed by atoms with Crippen LogP contribution in [0.1, 0.15) is 60.7 Å². The highest BCUT2D eigenvalue weighted by Gasteiger charge is 2.24. The molecule has 0 aromatic rings. The zero-order valence-corrected chi connectivity index (χ0v) is 19.1. The summed E-state index contributed by atoms with van der Waals surface area (Å²) in [6, 6.07) is -0.340. The van der Waals surface area contributed by atoms with Crippen LogP contribution in [-0.4, -0.2) is 80.3 Å². The fraction of sp³-hybridized carbons (Fsp3) is 0.900. The van der Waals surface area contributed by atoms with Crippen LogP contribution in [0.15, 0.2) is 0 Å². The Morgan fingerprint density at radius 1 is 1.04 bits per heavy atom. The van der Waals surface area contributed by atoms with Crippen molar-refractivity contribution in [1.82, 2.24) is 15.1 Å². The molecule has 5 nitrogen and oxygen atoms in total. The number of carbonyl (C=O) groups excluding carboxylic acids is 2. The summed E-state index contributed by atoms with van der Waals surface area (Å²) in [6.07, 6.45) is 8.03. The zero-order chi connectivity index (χ0) is 20.4. The maximum atomic E-state index is 12.4. The average Bonchev–Trinajstić information content (AvgIpc) is 2.56. The summed E-state index contributed by atoms with van der Waals surface area (Å²) in [5.41, 5.74) is 0. The number of likely N-dealkylation sites (N-methyl/N-ethyl adjacent to an activating group) is 1. The van der Waals surface area contributed by atoms with Crippen molar-refractivity contribution in [3.63, 3.8) is 0 Å². The maximum absolute atomic E-state index is 12.4. The SMILES string of the molecule is CCC.CSCCCCCN(C)[C@H](CC(C)=O)C(=O)NCCCN(C)C.[HH]. The van der Waals surface area contributed by atoms with Gasteiger partial charge in [0, 0.05) is 14.4 Å². The maximum Gasteiger partial charge on any atom is 0.237 e. The van der Waals surface area contributed by atoms with Crippen molar-refractivity contribution in [2.24, 2.45) is 0 Å². The van der Waals surface area contributed by atoms with Crippen LogP contribution in [0.5, 0.6) is 0 Å². The van der Waals surface area contributed by atoms with Gasteiger partial charge in [-0.15, -0.1) is 0 Å². The summed E-state index contributed by atoms with van der Waals surface area (Å²) in [7, 11) is 5.98. The lowest BCUT2D eigenvalue weighted by Crippen LogP contribution is -2.47. The number of rotatable bonds is 14. The van der Waals surface area contributed by atoms with E-state index in [1.165, 1.54) is 25.0 Å². The molecule has 6 heteroatoms. The van der Waals surface area contributed by atoms with Crippen LogP contribution < -0.4 is 5.32 Å². The lowest BCUT2D eigenvalue weighted by molar-refractivity contribution is -0.129. The van der Waals surface area contributed by atoms with Gasteiger partial charge in [0.1, 0.15) is 5.78 Å². The molecule has 0 fully saturated rings. The van der Waals surface area contributed by atoms with Gasteiger partial charge in [-0.1, -0.05) is 26.7 Å². The second kappa shape index (κ2) is 19.2. The van der Waals surface area contributed by atoms with Gasteiger partial charge in [-0.05, 0) is 72.4 Å². The Hall–Kier alpha value is -0.590. The topological polar surface area (TPSA) is 52.7 Å². The highest BCUT2D eigenvalue weighted by Crippen LogP contribution is 2.08. The molecule has 26 heavy (non-hydrogen) atoms. The van der Waals surface area contributed by atoms with Gasteiger partial charge in [-0.2, -0.15) is 11.8 Å². The van der Waals surface area contributed by atoms with Gasteiger partial charge < -0.3 is 10.2 Å². The highest BCUT2D eigenvalue weighted by molar-refractivity contribution is 7.98. The van der Waals surface area contributed by atoms with Crippen molar-refractivity contribution < 1.29 is 11.0 Å². The monoisotopic (exact) mass is 391 g/mol. The van der Waals surface area contributed by atoms with Crippen LogP contribution in [0.4, 0.5) is 0 Å². The van der Waals surface area contributed by atoms with E-state index in [0.29, 0.717) is 13.0 Å². The van der Waals surface area contributed by atoms with E-state index in [-0.39, 0.29) is 19.2 Å². The van der Waals surface area contributed by atoms with E-state index in [1.54, 1.807) is 6.92 Å². The summed E-state index contributed by atoms with van der Waals surface area (Å²) in [6.45, 7) is 8.27. The summed E-state index contributed by atoms with van der Waals surface area (Å²) in [4.78, 5) is 28.0. The Kier molecular flexibility index (Phi) is 20.4. The molecule has 0 aromatic heterocycles. The van der Waals surface area contributed by atoms with Gasteiger partial charge in [0.2, 0.25) is 5.91 Å². The molecule has 158 valence electrons. The standard InChI is InChI=1S/C17H35N3O2S.C3H8.H2/c1-15(21)14-16(17(22)18-10-9-11-19(2)3)20(4)12-7-6-8-13-23-5;1-3-2;/h16H,6-14H2,1-5H3,(H,18,22);3H2,1-2H3;1H/t16-;;/m1../s1. The van der Waals surface area contributed by atoms with Gasteiger partial charge >= 0.3 is 0 Å². The van der Waals surface area contributed by atoms with E-state index >= 15 is 0 Å². The van der Waals surface area contributed by atoms with E-state index in [0.717, 1.165) is 25.9 Å². The summed E-state index contributed by atoms with van der Waals surface area (Å²) in [5.74, 6) is 1.23. The first kappa shape index (κ1) is 27.6. The number of ketones is 1. The van der Waals surface area contributed by atoms with Crippen LogP contribution in [0.3, 0.4) is 0 Å². The summed E-state index contributed by atoms with van der Waals surface area (Å²) >= 11 is 1.87. The molecule has 0 aromatic carbocycles. The lowest BCUT2D eigenvalue weighted by Gasteiger charge is -2.26. The minimum absolute atomic E-state index is 0. The van der Waals surface area contributed by atoms with E-state index in [9.17, 15) is 9.59 Å². The van der Waals surface area contributed by atoms with Gasteiger partial charge in [0.05, 0.1) is 6.04 Å². The van der Waals surface area contributed by atoms with Crippen molar-refractivity contribution in [2.75, 3.05) is 52.8 Å². The smallest absolute Gasteiger partial charge is 0.237 e. The Labute approximate surface area is 168 Å². The summed E-state index contributed by atoms with van der Waals surface area (Å²) in [5, 5.41) is 2.97. The Morgan fingerprint density at radius 2 is 1.65 bits per heavy atom. The van der Waals surface area contributed by atoms with Crippen molar-refractivity contribution in [3.8, 4) is 0 Å². The number of nitrogens with one attached hydrogen (secondary N) is 1. The number of carbonyl (C=O) groups is 2. The van der Waals surface area contributed by atoms with Crippen molar-refractivity contribution in [2.45, 2.75) is 65.3 Å². The Bertz CT molecular complexity index is 358. The van der Waals surface area contributed by atoms with Crippen LogP contribution in [-0.2, 0) is 9.59 Å². The second-order valence-electron chi connectivity index (χ2n) is 7.11. The number of unbranched alkanes of at least 4 members (excludes halogenated alkanes) is 2. The van der Waals surface area contributed by atoms with Crippen LogP contribution in [0, 0.1) is 0 Å². The van der Waals surface area contributed by atoms with Crippen LogP contribution in [0.2, 0.25) is 0 Å². The van der Waals surface area contributed by atoms with Gasteiger partial charge in [-0.25, -0.2) is 0 Å². The Morgan fingerprint density at radius 3 is 2.15 bits per heavy atom. The van der Waals surface area contributed by atoms with Gasteiger partial charge in [0.15, 0.2) is 0 Å². The van der Waals surface area contributed by atoms with E-state index in [4.69, 9.17) is 0 Å². The number of thioether (sulfide) groups is 1. The normalized spacial score (nSPS) is 11.9. The highest BCUT2D eigenvalue weighted by atomic mass is 32.2. The van der Waals surface area contributed by atoms with Crippen LogP contribution >= 0.6 is 11.8 Å². The third-order valence-corrected chi connectivity index (χ3v) is 4.45. The van der Waals surface area contributed by atoms with Crippen molar-refractivity contribution in [1.29, 1.82) is 0 Å². The minimum atomic E-state index is -0.340. The van der Waals surface area contributed by atoms with Crippen LogP contribution in [0.25, 0.3) is 0 Å². The quantitative estimate of drug-likeness (QED) is 0.459. The van der Waals surface area contributed by atoms with Gasteiger partial charge in [-0.3, -0.25) is 14.5 Å². The molecule has 1 amide bonds. The third-order valence-electron chi connectivity index (χ3n) is 3.76. The molecule has 0 spiro atoms. The van der Waals surface area contributed by atoms with Gasteiger partial charge in [0.25, 0.3) is 0 Å². The number of amides is 1. The zero-order valence-electron chi connectivity index (χ0n) is 18.3. The molecule has 0 saturated heterocycles. The molecule has 0 aliphatic rings. The number of Topliss-reactive ketones (excluding diaryl/α,β-unsaturated/α-hetero) is 1. The second-order valence-corrected chi connectivity index (χ2v) is 8.10. The molecule has 0 aliphatic heterocycles. The average molecular weight is 392 g/mol. The minimum Gasteiger partial charge on any atom is -0.355 e. The fourth-order valence-corrected chi connectivity index (χ4v) is 2.88. The molecule has 1 atom stereocenters. The molecule has 1 N–H and O–H groups in total. The van der Waals surface area contributed by atoms with Crippen molar-refractivity contribution >= 4 is 23.5 Å². The molecule has 0 heterocycles. The molecule has 0 unspecified atom stereocenters. The molecule has 0 rings (SSSR count). The predicted molar refractivity (Wildman–Crippen MR) is 118 cm³/mol. The van der Waals surface area contributed by atoms with E-state index in [2.05, 4.69) is 30.3 Å². The largest absolute Gasteiger partial charge is 0.355 e. The first-order chi connectivity index (χ1) is 12.3. The summed E-state index contributed by atoms with van der Waals surface area (Å²) < 4.78 is 0. The lowest BCUT2D eigenvalue weighted by atomic mass is 10.1. The number of hydrogen-bond acceptors (Lipinski definition) is 5. The first-order valence-corrected chi connectivity index (χ1v) is 11.3.